The summed E-state index contributed by atoms with van der Waals surface area (Å²) in [6.07, 6.45) is 0. The van der Waals surface area contributed by atoms with Gasteiger partial charge in [-0.3, -0.25) is 4.90 Å². The summed E-state index contributed by atoms with van der Waals surface area (Å²) in [4.78, 5) is 2.48. The lowest BCUT2D eigenvalue weighted by atomic mass is 10.1. The fraction of sp³-hybridized carbons (Fsp3) is 0.500. The van der Waals surface area contributed by atoms with Gasteiger partial charge in [0.2, 0.25) is 0 Å². The van der Waals surface area contributed by atoms with E-state index < -0.39 is 0 Å². The third-order valence-electron chi connectivity index (χ3n) is 3.11. The second kappa shape index (κ2) is 8.62. The van der Waals surface area contributed by atoms with Gasteiger partial charge in [-0.15, -0.1) is 24.8 Å². The Morgan fingerprint density at radius 3 is 2.50 bits per heavy atom. The van der Waals surface area contributed by atoms with Crippen LogP contribution in [0.5, 0.6) is 0 Å². The quantitative estimate of drug-likeness (QED) is 0.842. The molecule has 1 aromatic carbocycles. The molecule has 1 heterocycles. The molecule has 1 aliphatic rings. The van der Waals surface area contributed by atoms with Gasteiger partial charge in [-0.05, 0) is 30.7 Å². The number of halogens is 4. The van der Waals surface area contributed by atoms with Crippen molar-refractivity contribution < 1.29 is 0 Å². The molecule has 0 radical (unpaired) electrons. The lowest BCUT2D eigenvalue weighted by molar-refractivity contribution is 0.185. The average Bonchev–Trinajstić information content (AvgIpc) is 2.32. The average molecular weight is 377 g/mol. The van der Waals surface area contributed by atoms with Gasteiger partial charge in [0.05, 0.1) is 0 Å². The van der Waals surface area contributed by atoms with E-state index in [1.165, 1.54) is 5.56 Å². The molecule has 2 rings (SSSR count). The van der Waals surface area contributed by atoms with E-state index in [1.807, 2.05) is 12.1 Å². The van der Waals surface area contributed by atoms with E-state index in [4.69, 9.17) is 11.6 Å². The predicted molar refractivity (Wildman–Crippen MR) is 86.5 cm³/mol. The smallest absolute Gasteiger partial charge is 0.0410 e. The fourth-order valence-electron chi connectivity index (χ4n) is 2.10. The molecular weight excluding hydrogens is 358 g/mol. The third kappa shape index (κ3) is 4.55. The molecular formula is C12H18BrCl3N2. The van der Waals surface area contributed by atoms with Crippen molar-refractivity contribution in [1.29, 1.82) is 0 Å². The van der Waals surface area contributed by atoms with E-state index in [9.17, 15) is 0 Å². The van der Waals surface area contributed by atoms with Crippen LogP contribution in [0.15, 0.2) is 22.7 Å². The molecule has 0 aromatic heterocycles. The molecule has 6 heteroatoms. The van der Waals surface area contributed by atoms with E-state index in [2.05, 4.69) is 39.1 Å². The van der Waals surface area contributed by atoms with Gasteiger partial charge in [0.1, 0.15) is 0 Å². The Morgan fingerprint density at radius 2 is 1.89 bits per heavy atom. The minimum absolute atomic E-state index is 0. The maximum Gasteiger partial charge on any atom is 0.0410 e. The van der Waals surface area contributed by atoms with E-state index in [0.717, 1.165) is 35.7 Å². The molecule has 2 nitrogen and oxygen atoms in total. The Labute approximate surface area is 134 Å². The molecule has 0 saturated carbocycles. The van der Waals surface area contributed by atoms with E-state index in [-0.39, 0.29) is 24.8 Å². The van der Waals surface area contributed by atoms with Gasteiger partial charge in [-0.25, -0.2) is 0 Å². The number of hydrogen-bond acceptors (Lipinski definition) is 2. The SMILES string of the molecule is C[C@@H](c1cc(Cl)ccc1Br)N1CCNCC1.Cl.Cl. The summed E-state index contributed by atoms with van der Waals surface area (Å²) >= 11 is 9.64. The first-order chi connectivity index (χ1) is 7.68. The van der Waals surface area contributed by atoms with Crippen molar-refractivity contribution in [3.8, 4) is 0 Å². The number of hydrogen-bond donors (Lipinski definition) is 1. The topological polar surface area (TPSA) is 15.3 Å². The monoisotopic (exact) mass is 374 g/mol. The molecule has 1 N–H and O–H groups in total. The van der Waals surface area contributed by atoms with Crippen LogP contribution < -0.4 is 5.32 Å². The van der Waals surface area contributed by atoms with Crippen LogP contribution in [0.25, 0.3) is 0 Å². The highest BCUT2D eigenvalue weighted by Crippen LogP contribution is 2.30. The number of piperazine rings is 1. The zero-order valence-electron chi connectivity index (χ0n) is 10.2. The maximum absolute atomic E-state index is 6.05. The highest BCUT2D eigenvalue weighted by Gasteiger charge is 2.19. The van der Waals surface area contributed by atoms with Crippen LogP contribution >= 0.6 is 52.3 Å². The number of rotatable bonds is 2. The fourth-order valence-corrected chi connectivity index (χ4v) is 2.86. The molecule has 1 atom stereocenters. The van der Waals surface area contributed by atoms with E-state index >= 15 is 0 Å². The van der Waals surface area contributed by atoms with Gasteiger partial charge in [0.25, 0.3) is 0 Å². The Balaban J connectivity index is 0.00000144. The van der Waals surface area contributed by atoms with Crippen LogP contribution in [-0.2, 0) is 0 Å². The van der Waals surface area contributed by atoms with Crippen molar-refractivity contribution in [2.24, 2.45) is 0 Å². The van der Waals surface area contributed by atoms with Crippen LogP contribution in [0.1, 0.15) is 18.5 Å². The second-order valence-corrected chi connectivity index (χ2v) is 5.42. The van der Waals surface area contributed by atoms with E-state index in [1.54, 1.807) is 0 Å². The number of benzene rings is 1. The molecule has 104 valence electrons. The van der Waals surface area contributed by atoms with Crippen LogP contribution in [-0.4, -0.2) is 31.1 Å². The van der Waals surface area contributed by atoms with E-state index in [0.29, 0.717) is 6.04 Å². The molecule has 0 amide bonds. The lowest BCUT2D eigenvalue weighted by Crippen LogP contribution is -2.44. The molecule has 0 bridgehead atoms. The van der Waals surface area contributed by atoms with Gasteiger partial charge in [0.15, 0.2) is 0 Å². The Hall–Kier alpha value is 0.490. The van der Waals surface area contributed by atoms with Crippen LogP contribution in [0.3, 0.4) is 0 Å². The standard InChI is InChI=1S/C12H16BrClN2.2ClH/c1-9(16-6-4-15-5-7-16)11-8-10(14)2-3-12(11)13;;/h2-3,8-9,15H,4-7H2,1H3;2*1H/t9-;;/m0../s1. The summed E-state index contributed by atoms with van der Waals surface area (Å²) in [5.41, 5.74) is 1.27. The molecule has 1 fully saturated rings. The summed E-state index contributed by atoms with van der Waals surface area (Å²) in [5.74, 6) is 0. The summed E-state index contributed by atoms with van der Waals surface area (Å²) in [7, 11) is 0. The molecule has 0 spiro atoms. The van der Waals surface area contributed by atoms with Gasteiger partial charge in [-0.1, -0.05) is 27.5 Å². The highest BCUT2D eigenvalue weighted by molar-refractivity contribution is 9.10. The van der Waals surface area contributed by atoms with Crippen molar-refractivity contribution >= 4 is 52.3 Å². The first-order valence-corrected chi connectivity index (χ1v) is 6.75. The highest BCUT2D eigenvalue weighted by atomic mass is 79.9. The predicted octanol–water partition coefficient (Wildman–Crippen LogP) is 3.91. The van der Waals surface area contributed by atoms with Crippen molar-refractivity contribution in [3.63, 3.8) is 0 Å². The Kier molecular flexibility index (Phi) is 8.85. The molecule has 1 aromatic rings. The first-order valence-electron chi connectivity index (χ1n) is 5.58. The zero-order valence-corrected chi connectivity index (χ0v) is 14.1. The zero-order chi connectivity index (χ0) is 11.5. The van der Waals surface area contributed by atoms with Crippen molar-refractivity contribution in [2.75, 3.05) is 26.2 Å². The van der Waals surface area contributed by atoms with Crippen molar-refractivity contribution in [2.45, 2.75) is 13.0 Å². The Morgan fingerprint density at radius 1 is 1.28 bits per heavy atom. The van der Waals surface area contributed by atoms with Crippen LogP contribution in [0, 0.1) is 0 Å². The summed E-state index contributed by atoms with van der Waals surface area (Å²) < 4.78 is 1.14. The lowest BCUT2D eigenvalue weighted by Gasteiger charge is -2.33. The van der Waals surface area contributed by atoms with Crippen molar-refractivity contribution in [1.82, 2.24) is 10.2 Å². The maximum atomic E-state index is 6.05. The van der Waals surface area contributed by atoms with Gasteiger partial charge in [0, 0.05) is 41.7 Å². The largest absolute Gasteiger partial charge is 0.314 e. The summed E-state index contributed by atoms with van der Waals surface area (Å²) in [6.45, 7) is 6.58. The van der Waals surface area contributed by atoms with Crippen LogP contribution in [0.4, 0.5) is 0 Å². The van der Waals surface area contributed by atoms with Crippen molar-refractivity contribution in [3.05, 3.63) is 33.3 Å². The Bertz CT molecular complexity index is 370. The van der Waals surface area contributed by atoms with Gasteiger partial charge >= 0.3 is 0 Å². The molecule has 18 heavy (non-hydrogen) atoms. The third-order valence-corrected chi connectivity index (χ3v) is 4.06. The minimum Gasteiger partial charge on any atom is -0.314 e. The second-order valence-electron chi connectivity index (χ2n) is 4.13. The van der Waals surface area contributed by atoms with Crippen LogP contribution in [0.2, 0.25) is 5.02 Å². The molecule has 0 aliphatic carbocycles. The number of nitrogens with zero attached hydrogens (tertiary/aromatic N) is 1. The molecule has 0 unspecified atom stereocenters. The van der Waals surface area contributed by atoms with Gasteiger partial charge in [-0.2, -0.15) is 0 Å². The first kappa shape index (κ1) is 18.5. The minimum atomic E-state index is 0. The molecule has 1 aliphatic heterocycles. The van der Waals surface area contributed by atoms with Gasteiger partial charge < -0.3 is 5.32 Å². The molecule has 1 saturated heterocycles. The summed E-state index contributed by atoms with van der Waals surface area (Å²) in [5, 5.41) is 4.17. The number of nitrogens with one attached hydrogen (secondary N) is 1. The summed E-state index contributed by atoms with van der Waals surface area (Å²) in [6, 6.07) is 6.41. The normalized spacial score (nSPS) is 17.5.